The lowest BCUT2D eigenvalue weighted by Crippen LogP contribution is -2.46. The van der Waals surface area contributed by atoms with Crippen LogP contribution < -0.4 is 5.73 Å². The summed E-state index contributed by atoms with van der Waals surface area (Å²) in [5.74, 6) is -1.58. The number of piperidine rings is 1. The van der Waals surface area contributed by atoms with Crippen LogP contribution in [0.1, 0.15) is 33.6 Å². The number of carboxylic acids is 1. The average Bonchev–Trinajstić information content (AvgIpc) is 2.27. The third kappa shape index (κ3) is 4.70. The molecular formula is C13H24N2O4. The fraction of sp³-hybridized carbons (Fsp3) is 0.846. The summed E-state index contributed by atoms with van der Waals surface area (Å²) in [5, 5.41) is 9.12. The van der Waals surface area contributed by atoms with E-state index < -0.39 is 17.5 Å². The summed E-state index contributed by atoms with van der Waals surface area (Å²) in [4.78, 5) is 24.7. The van der Waals surface area contributed by atoms with Crippen molar-refractivity contribution in [3.05, 3.63) is 0 Å². The molecule has 3 N–H and O–H groups in total. The Hall–Kier alpha value is -1.30. The van der Waals surface area contributed by atoms with Crippen LogP contribution in [-0.2, 0) is 9.53 Å². The van der Waals surface area contributed by atoms with Gasteiger partial charge in [-0.1, -0.05) is 0 Å². The first-order valence-corrected chi connectivity index (χ1v) is 6.65. The molecule has 1 heterocycles. The first-order valence-electron chi connectivity index (χ1n) is 6.65. The molecule has 0 spiro atoms. The molecule has 1 aliphatic rings. The number of rotatable bonds is 3. The fourth-order valence-electron chi connectivity index (χ4n) is 2.33. The van der Waals surface area contributed by atoms with Crippen molar-refractivity contribution in [1.82, 2.24) is 4.90 Å². The van der Waals surface area contributed by atoms with Crippen molar-refractivity contribution in [3.8, 4) is 0 Å². The molecule has 0 radical (unpaired) electrons. The monoisotopic (exact) mass is 272 g/mol. The molecule has 1 saturated heterocycles. The smallest absolute Gasteiger partial charge is 0.410 e. The van der Waals surface area contributed by atoms with Crippen molar-refractivity contribution in [2.45, 2.75) is 39.2 Å². The van der Waals surface area contributed by atoms with Gasteiger partial charge in [-0.15, -0.1) is 0 Å². The van der Waals surface area contributed by atoms with E-state index in [-0.39, 0.29) is 18.6 Å². The minimum atomic E-state index is -0.890. The van der Waals surface area contributed by atoms with Crippen LogP contribution in [0.2, 0.25) is 0 Å². The van der Waals surface area contributed by atoms with Crippen molar-refractivity contribution in [2.75, 3.05) is 19.6 Å². The molecule has 0 aromatic heterocycles. The highest BCUT2D eigenvalue weighted by atomic mass is 16.6. The lowest BCUT2D eigenvalue weighted by Gasteiger charge is -2.36. The number of carbonyl (C=O) groups excluding carboxylic acids is 1. The van der Waals surface area contributed by atoms with Crippen molar-refractivity contribution in [1.29, 1.82) is 0 Å². The Kier molecular flexibility index (Phi) is 5.17. The Balaban J connectivity index is 2.64. The number of ether oxygens (including phenoxy) is 1. The SMILES string of the molecule is CC(C)(C)OC(=O)N1CCCC(C(CN)C(=O)O)C1. The molecule has 19 heavy (non-hydrogen) atoms. The molecule has 0 aliphatic carbocycles. The van der Waals surface area contributed by atoms with Gasteiger partial charge in [0.15, 0.2) is 0 Å². The number of nitrogens with two attached hydrogens (primary N) is 1. The van der Waals surface area contributed by atoms with Gasteiger partial charge in [-0.3, -0.25) is 4.79 Å². The summed E-state index contributed by atoms with van der Waals surface area (Å²) in [6, 6.07) is 0. The quantitative estimate of drug-likeness (QED) is 0.807. The van der Waals surface area contributed by atoms with E-state index >= 15 is 0 Å². The molecule has 110 valence electrons. The highest BCUT2D eigenvalue weighted by molar-refractivity contribution is 5.71. The van der Waals surface area contributed by atoms with Crippen LogP contribution in [0.3, 0.4) is 0 Å². The average molecular weight is 272 g/mol. The van der Waals surface area contributed by atoms with E-state index in [9.17, 15) is 9.59 Å². The van der Waals surface area contributed by atoms with Gasteiger partial charge in [0, 0.05) is 19.6 Å². The molecular weight excluding hydrogens is 248 g/mol. The van der Waals surface area contributed by atoms with Gasteiger partial charge in [0.2, 0.25) is 0 Å². The molecule has 1 aliphatic heterocycles. The van der Waals surface area contributed by atoms with Crippen molar-refractivity contribution < 1.29 is 19.4 Å². The Morgan fingerprint density at radius 2 is 2.11 bits per heavy atom. The third-order valence-electron chi connectivity index (χ3n) is 3.25. The van der Waals surface area contributed by atoms with Gasteiger partial charge in [0.25, 0.3) is 0 Å². The van der Waals surface area contributed by atoms with E-state index in [1.807, 2.05) is 20.8 Å². The highest BCUT2D eigenvalue weighted by Crippen LogP contribution is 2.25. The minimum absolute atomic E-state index is 0.0937. The van der Waals surface area contributed by atoms with Crippen LogP contribution in [0.4, 0.5) is 4.79 Å². The van der Waals surface area contributed by atoms with Crippen LogP contribution in [0.5, 0.6) is 0 Å². The molecule has 0 saturated carbocycles. The Morgan fingerprint density at radius 1 is 1.47 bits per heavy atom. The number of carboxylic acid groups (broad SMARTS) is 1. The first-order chi connectivity index (χ1) is 8.74. The zero-order valence-corrected chi connectivity index (χ0v) is 11.9. The fourth-order valence-corrected chi connectivity index (χ4v) is 2.33. The molecule has 0 aromatic rings. The third-order valence-corrected chi connectivity index (χ3v) is 3.25. The van der Waals surface area contributed by atoms with Gasteiger partial charge in [-0.2, -0.15) is 0 Å². The molecule has 6 nitrogen and oxygen atoms in total. The van der Waals surface area contributed by atoms with Gasteiger partial charge < -0.3 is 20.5 Å². The van der Waals surface area contributed by atoms with E-state index in [0.717, 1.165) is 12.8 Å². The molecule has 2 unspecified atom stereocenters. The number of nitrogens with zero attached hydrogens (tertiary/aromatic N) is 1. The molecule has 2 atom stereocenters. The molecule has 1 fully saturated rings. The van der Waals surface area contributed by atoms with E-state index in [0.29, 0.717) is 13.1 Å². The number of hydrogen-bond acceptors (Lipinski definition) is 4. The predicted molar refractivity (Wildman–Crippen MR) is 70.7 cm³/mol. The number of aliphatic carboxylic acids is 1. The second-order valence-corrected chi connectivity index (χ2v) is 6.01. The summed E-state index contributed by atoms with van der Waals surface area (Å²) < 4.78 is 5.31. The van der Waals surface area contributed by atoms with Crippen LogP contribution in [-0.4, -0.2) is 47.3 Å². The van der Waals surface area contributed by atoms with Gasteiger partial charge >= 0.3 is 12.1 Å². The summed E-state index contributed by atoms with van der Waals surface area (Å²) in [6.07, 6.45) is 1.19. The molecule has 1 amide bonds. The lowest BCUT2D eigenvalue weighted by atomic mass is 9.85. The molecule has 1 rings (SSSR count). The molecule has 0 aromatic carbocycles. The molecule has 6 heteroatoms. The maximum Gasteiger partial charge on any atom is 0.410 e. The number of carbonyl (C=O) groups is 2. The lowest BCUT2D eigenvalue weighted by molar-refractivity contribution is -0.144. The number of likely N-dealkylation sites (tertiary alicyclic amines) is 1. The predicted octanol–water partition coefficient (Wildman–Crippen LogP) is 1.29. The van der Waals surface area contributed by atoms with E-state index in [2.05, 4.69) is 0 Å². The number of amides is 1. The van der Waals surface area contributed by atoms with E-state index in [1.54, 1.807) is 4.90 Å². The van der Waals surface area contributed by atoms with Crippen molar-refractivity contribution >= 4 is 12.1 Å². The summed E-state index contributed by atoms with van der Waals surface area (Å²) in [6.45, 7) is 6.55. The van der Waals surface area contributed by atoms with Gasteiger partial charge in [-0.05, 0) is 39.5 Å². The largest absolute Gasteiger partial charge is 0.481 e. The second kappa shape index (κ2) is 6.23. The summed E-state index contributed by atoms with van der Waals surface area (Å²) >= 11 is 0. The van der Waals surface area contributed by atoms with Crippen LogP contribution in [0.15, 0.2) is 0 Å². The topological polar surface area (TPSA) is 92.9 Å². The van der Waals surface area contributed by atoms with E-state index in [4.69, 9.17) is 15.6 Å². The van der Waals surface area contributed by atoms with E-state index in [1.165, 1.54) is 0 Å². The number of hydrogen-bond donors (Lipinski definition) is 2. The normalized spacial score (nSPS) is 21.9. The second-order valence-electron chi connectivity index (χ2n) is 6.01. The van der Waals surface area contributed by atoms with Crippen molar-refractivity contribution in [3.63, 3.8) is 0 Å². The first kappa shape index (κ1) is 15.8. The Labute approximate surface area is 113 Å². The maximum atomic E-state index is 12.0. The van der Waals surface area contributed by atoms with Crippen molar-refractivity contribution in [2.24, 2.45) is 17.6 Å². The summed E-state index contributed by atoms with van der Waals surface area (Å²) in [7, 11) is 0. The summed E-state index contributed by atoms with van der Waals surface area (Å²) in [5.41, 5.74) is 4.97. The maximum absolute atomic E-state index is 12.0. The zero-order valence-electron chi connectivity index (χ0n) is 11.9. The van der Waals surface area contributed by atoms with Gasteiger partial charge in [0.1, 0.15) is 5.60 Å². The molecule has 0 bridgehead atoms. The van der Waals surface area contributed by atoms with Gasteiger partial charge in [0.05, 0.1) is 5.92 Å². The van der Waals surface area contributed by atoms with Crippen LogP contribution in [0, 0.1) is 11.8 Å². The van der Waals surface area contributed by atoms with Gasteiger partial charge in [-0.25, -0.2) is 4.79 Å². The highest BCUT2D eigenvalue weighted by Gasteiger charge is 2.34. The Morgan fingerprint density at radius 3 is 2.58 bits per heavy atom. The zero-order chi connectivity index (χ0) is 14.6. The van der Waals surface area contributed by atoms with Crippen LogP contribution in [0.25, 0.3) is 0 Å². The Bertz CT molecular complexity index is 338. The van der Waals surface area contributed by atoms with Crippen LogP contribution >= 0.6 is 0 Å². The minimum Gasteiger partial charge on any atom is -0.481 e. The standard InChI is InChI=1S/C13H24N2O4/c1-13(2,3)19-12(18)15-6-4-5-9(8-15)10(7-14)11(16)17/h9-10H,4-8,14H2,1-3H3,(H,16,17).